The van der Waals surface area contributed by atoms with Gasteiger partial charge in [0.05, 0.1) is 5.60 Å². The van der Waals surface area contributed by atoms with Gasteiger partial charge in [-0.25, -0.2) is 0 Å². The Morgan fingerprint density at radius 3 is 2.52 bits per heavy atom. The van der Waals surface area contributed by atoms with Crippen LogP contribution in [0, 0.1) is 46.8 Å². The Morgan fingerprint density at radius 2 is 1.74 bits per heavy atom. The first-order chi connectivity index (χ1) is 10.9. The summed E-state index contributed by atoms with van der Waals surface area (Å²) in [6.07, 6.45) is 13.2. The van der Waals surface area contributed by atoms with Gasteiger partial charge in [-0.3, -0.25) is 0 Å². The first kappa shape index (κ1) is 15.0. The van der Waals surface area contributed by atoms with E-state index in [-0.39, 0.29) is 5.60 Å². The number of hydrogen-bond acceptors (Lipinski definition) is 1. The minimum absolute atomic E-state index is 0.371. The van der Waals surface area contributed by atoms with E-state index in [9.17, 15) is 5.11 Å². The lowest BCUT2D eigenvalue weighted by molar-refractivity contribution is -0.0940. The third-order valence-corrected chi connectivity index (χ3v) is 9.16. The summed E-state index contributed by atoms with van der Waals surface area (Å²) < 4.78 is 0. The summed E-state index contributed by atoms with van der Waals surface area (Å²) >= 11 is 0. The third kappa shape index (κ3) is 1.95. The number of rotatable bonds is 0. The van der Waals surface area contributed by atoms with E-state index in [1.54, 1.807) is 0 Å². The van der Waals surface area contributed by atoms with Crippen LogP contribution in [0.1, 0.15) is 72.1 Å². The zero-order valence-electron chi connectivity index (χ0n) is 15.2. The normalized spacial score (nSPS) is 62.3. The van der Waals surface area contributed by atoms with Crippen molar-refractivity contribution >= 4 is 0 Å². The molecule has 0 spiro atoms. The second kappa shape index (κ2) is 4.65. The molecular weight excluding hydrogens is 280 g/mol. The number of aliphatic hydroxyl groups is 1. The van der Waals surface area contributed by atoms with Crippen LogP contribution in [-0.2, 0) is 0 Å². The Bertz CT molecular complexity index is 546. The van der Waals surface area contributed by atoms with E-state index in [4.69, 9.17) is 0 Å². The predicted molar refractivity (Wildman–Crippen MR) is 93.9 cm³/mol. The molecule has 5 aliphatic carbocycles. The first-order valence-corrected chi connectivity index (χ1v) is 10.3. The molecule has 5 rings (SSSR count). The van der Waals surface area contributed by atoms with Gasteiger partial charge in [0.2, 0.25) is 0 Å². The molecule has 9 atom stereocenters. The van der Waals surface area contributed by atoms with Gasteiger partial charge in [-0.15, -0.1) is 0 Å². The Labute approximate surface area is 141 Å². The van der Waals surface area contributed by atoms with Gasteiger partial charge >= 0.3 is 0 Å². The highest BCUT2D eigenvalue weighted by molar-refractivity contribution is 5.34. The summed E-state index contributed by atoms with van der Waals surface area (Å²) in [6, 6.07) is 0. The maximum Gasteiger partial charge on any atom is 0.0622 e. The van der Waals surface area contributed by atoms with Crippen LogP contribution in [0.25, 0.3) is 0 Å². The van der Waals surface area contributed by atoms with Crippen molar-refractivity contribution in [2.45, 2.75) is 77.7 Å². The summed E-state index contributed by atoms with van der Waals surface area (Å²) in [6.45, 7) is 7.00. The summed E-state index contributed by atoms with van der Waals surface area (Å²) in [4.78, 5) is 0. The fourth-order valence-corrected chi connectivity index (χ4v) is 8.39. The van der Waals surface area contributed by atoms with Crippen LogP contribution in [0.5, 0.6) is 0 Å². The summed E-state index contributed by atoms with van der Waals surface area (Å²) in [5, 5.41) is 10.5. The summed E-state index contributed by atoms with van der Waals surface area (Å²) in [7, 11) is 0. The van der Waals surface area contributed by atoms with Crippen molar-refractivity contribution < 1.29 is 5.11 Å². The van der Waals surface area contributed by atoms with Crippen molar-refractivity contribution in [3.05, 3.63) is 11.6 Å². The van der Waals surface area contributed by atoms with E-state index in [0.29, 0.717) is 5.41 Å². The molecule has 0 radical (unpaired) electrons. The fraction of sp³-hybridized carbons (Fsp3) is 0.909. The molecule has 0 aromatic carbocycles. The number of fused-ring (bicyclic) bond motifs is 7. The van der Waals surface area contributed by atoms with Crippen molar-refractivity contribution in [1.29, 1.82) is 0 Å². The van der Waals surface area contributed by atoms with Gasteiger partial charge in [-0.1, -0.05) is 18.6 Å². The van der Waals surface area contributed by atoms with Crippen LogP contribution in [0.3, 0.4) is 0 Å². The third-order valence-electron chi connectivity index (χ3n) is 9.16. The largest absolute Gasteiger partial charge is 0.390 e. The highest BCUT2D eigenvalue weighted by Crippen LogP contribution is 2.74. The smallest absolute Gasteiger partial charge is 0.0622 e. The lowest BCUT2D eigenvalue weighted by atomic mass is 9.48. The maximum absolute atomic E-state index is 10.5. The van der Waals surface area contributed by atoms with E-state index in [1.165, 1.54) is 38.5 Å². The molecule has 23 heavy (non-hydrogen) atoms. The number of hydrogen-bond donors (Lipinski definition) is 1. The lowest BCUT2D eigenvalue weighted by Gasteiger charge is -2.57. The highest BCUT2D eigenvalue weighted by atomic mass is 16.3. The zero-order valence-corrected chi connectivity index (χ0v) is 15.2. The Morgan fingerprint density at radius 1 is 0.957 bits per heavy atom. The van der Waals surface area contributed by atoms with Gasteiger partial charge in [-0.05, 0) is 112 Å². The molecule has 0 aromatic heterocycles. The van der Waals surface area contributed by atoms with Crippen LogP contribution in [0.4, 0.5) is 0 Å². The van der Waals surface area contributed by atoms with Gasteiger partial charge in [0.25, 0.3) is 0 Å². The number of allylic oxidation sites excluding steroid dienone is 2. The fourth-order valence-electron chi connectivity index (χ4n) is 8.39. The van der Waals surface area contributed by atoms with Gasteiger partial charge < -0.3 is 5.11 Å². The molecule has 5 aliphatic rings. The molecule has 1 nitrogen and oxygen atoms in total. The average Bonchev–Trinajstić information content (AvgIpc) is 3.21. The second-order valence-electron chi connectivity index (χ2n) is 10.3. The van der Waals surface area contributed by atoms with E-state index in [1.807, 2.05) is 5.57 Å². The van der Waals surface area contributed by atoms with E-state index < -0.39 is 0 Å². The summed E-state index contributed by atoms with van der Waals surface area (Å²) in [5.74, 6) is 6.76. The summed E-state index contributed by atoms with van der Waals surface area (Å²) in [5.41, 5.74) is 2.03. The first-order valence-electron chi connectivity index (χ1n) is 10.3. The van der Waals surface area contributed by atoms with Gasteiger partial charge in [0.15, 0.2) is 0 Å². The van der Waals surface area contributed by atoms with Crippen molar-refractivity contribution in [2.24, 2.45) is 46.8 Å². The average molecular weight is 315 g/mol. The van der Waals surface area contributed by atoms with Gasteiger partial charge in [0, 0.05) is 0 Å². The Balaban J connectivity index is 1.44. The molecule has 1 N–H and O–H groups in total. The van der Waals surface area contributed by atoms with Crippen LogP contribution < -0.4 is 0 Å². The van der Waals surface area contributed by atoms with Gasteiger partial charge in [0.1, 0.15) is 0 Å². The SMILES string of the molecule is C/C=C1/[C@H]2C[C@H]2[C@H]2[C@@H]3CC[C@@H]4C[C@](C)(O)CC[C@@H]4[C@H]3CC[C@]12C. The Hall–Kier alpha value is -0.300. The molecule has 0 saturated heterocycles. The quantitative estimate of drug-likeness (QED) is 0.610. The van der Waals surface area contributed by atoms with Crippen molar-refractivity contribution in [3.8, 4) is 0 Å². The standard InChI is InChI=1S/C22H34O/c1-4-19-17-11-18(17)20-16-6-5-13-12-21(2,23)9-7-14(13)15(16)8-10-22(19,20)3/h4,13-18,20,23H,5-12H2,1-3H3/b19-4-/t13-,14+,15-,16-,17+,18-,20-,21-,22-/m1/s1. The minimum Gasteiger partial charge on any atom is -0.390 e. The molecule has 0 heterocycles. The Kier molecular flexibility index (Phi) is 3.03. The molecule has 1 heteroatoms. The van der Waals surface area contributed by atoms with Gasteiger partial charge in [-0.2, -0.15) is 0 Å². The lowest BCUT2D eigenvalue weighted by Crippen LogP contribution is -2.50. The van der Waals surface area contributed by atoms with E-state index >= 15 is 0 Å². The van der Waals surface area contributed by atoms with E-state index in [2.05, 4.69) is 26.8 Å². The molecule has 5 saturated carbocycles. The molecule has 0 aromatic rings. The van der Waals surface area contributed by atoms with Crippen LogP contribution in [-0.4, -0.2) is 10.7 Å². The molecule has 0 unspecified atom stereocenters. The molecule has 5 fully saturated rings. The minimum atomic E-state index is -0.371. The highest BCUT2D eigenvalue weighted by Gasteiger charge is 2.66. The molecule has 0 aliphatic heterocycles. The zero-order chi connectivity index (χ0) is 16.0. The molecular formula is C22H34O. The van der Waals surface area contributed by atoms with Crippen molar-refractivity contribution in [3.63, 3.8) is 0 Å². The van der Waals surface area contributed by atoms with Crippen LogP contribution in [0.2, 0.25) is 0 Å². The van der Waals surface area contributed by atoms with Crippen LogP contribution >= 0.6 is 0 Å². The second-order valence-corrected chi connectivity index (χ2v) is 10.3. The monoisotopic (exact) mass is 314 g/mol. The van der Waals surface area contributed by atoms with Crippen LogP contribution in [0.15, 0.2) is 11.6 Å². The molecule has 128 valence electrons. The van der Waals surface area contributed by atoms with Crippen molar-refractivity contribution in [2.75, 3.05) is 0 Å². The van der Waals surface area contributed by atoms with Crippen molar-refractivity contribution in [1.82, 2.24) is 0 Å². The predicted octanol–water partition coefficient (Wildman–Crippen LogP) is 5.19. The topological polar surface area (TPSA) is 20.2 Å². The van der Waals surface area contributed by atoms with E-state index in [0.717, 1.165) is 54.3 Å². The molecule has 0 bridgehead atoms. The maximum atomic E-state index is 10.5. The molecule has 0 amide bonds.